The third-order valence-corrected chi connectivity index (χ3v) is 25.5. The quantitative estimate of drug-likeness (QED) is 0.149. The fourth-order valence-corrected chi connectivity index (χ4v) is 18.2. The first kappa shape index (κ1) is 77.4. The molecule has 118 heavy (non-hydrogen) atoms. The van der Waals surface area contributed by atoms with Crippen molar-refractivity contribution in [3.05, 3.63) is 285 Å². The minimum Gasteiger partial charge on any atom is -0.307 e. The van der Waals surface area contributed by atoms with Crippen LogP contribution in [0.1, 0.15) is 252 Å². The van der Waals surface area contributed by atoms with Gasteiger partial charge in [-0.05, 0) is 245 Å². The number of imide groups is 2. The molecule has 16 aromatic rings. The van der Waals surface area contributed by atoms with E-state index in [4.69, 9.17) is 0 Å². The zero-order valence-corrected chi connectivity index (χ0v) is 73.1. The largest absolute Gasteiger partial charge is 0.307 e. The predicted octanol–water partition coefficient (Wildman–Crippen LogP) is 27.7. The lowest BCUT2D eigenvalue weighted by Crippen LogP contribution is -2.29. The van der Waals surface area contributed by atoms with Crippen molar-refractivity contribution in [3.8, 4) is 33.9 Å². The molecule has 0 atom stereocenters. The number of nitrogens with zero attached hydrogens (tertiary/aromatic N) is 6. The van der Waals surface area contributed by atoms with Gasteiger partial charge < -0.3 is 18.3 Å². The van der Waals surface area contributed by atoms with Gasteiger partial charge in [0.15, 0.2) is 0 Å². The first-order valence-corrected chi connectivity index (χ1v) is 41.9. The minimum absolute atomic E-state index is 0.133. The molecular formula is C108H108N6O4. The van der Waals surface area contributed by atoms with E-state index in [1.807, 2.05) is 72.8 Å². The smallest absolute Gasteiger partial charge is 0.266 e. The molecule has 0 N–H and O–H groups in total. The van der Waals surface area contributed by atoms with Crippen molar-refractivity contribution in [3.63, 3.8) is 0 Å². The van der Waals surface area contributed by atoms with Gasteiger partial charge >= 0.3 is 0 Å². The molecule has 4 amide bonds. The van der Waals surface area contributed by atoms with Crippen LogP contribution < -0.4 is 9.80 Å². The SMILES string of the molecule is CC(C)(C)c1ccc2c(c1)c1cc(C(C)(C)C)ccc1n2-c1cc2c(cc1-n1c3ccc(C(C)(C)C)cc3c3cc(C(C)(C)C)ccc31)C(=O)N(c1ccc(-c3ccc(N4C(=O)c5cc(-n6c7ccc(C(C)(C)C)cc7c7cc(C(C)(C)C)ccc76)c(-n6c7ccc(C(C)(C)C)cc7c7cc(C(C)(C)C)ccc76)cc5C4=O)cc3)cc1)C2=O. The average molecular weight is 1550 g/mol. The third-order valence-electron chi connectivity index (χ3n) is 25.5. The standard InChI is InChI=1S/C108H108N6O4/c1-101(2,3)63-29-41-85-73(49-63)74-50-64(102(4,5)6)30-42-86(74)111(85)93-57-81-82(58-94(93)112-87-43-31-65(103(7,8)9)51-75(87)76-52-66(104(10,11)12)32-44-88(76)112)98(116)109(97(81)115)71-37-25-61(26-38-71)62-27-39-72(40-28-62)110-99(117)83-59-95(113-89-45-33-67(105(13,14)15)53-77(89)78-54-68(106(16,17)18)34-46-90(78)113)96(60-84(83)100(110)118)114-91-47-35-69(107(19,20)21)55-79(91)80-56-70(108(22,23)24)36-48-92(80)114/h25-60H,1-24H3. The molecule has 12 aromatic carbocycles. The number of hydrogen-bond acceptors (Lipinski definition) is 4. The van der Waals surface area contributed by atoms with Gasteiger partial charge in [0.1, 0.15) is 0 Å². The van der Waals surface area contributed by atoms with Crippen LogP contribution in [-0.4, -0.2) is 41.9 Å². The van der Waals surface area contributed by atoms with Gasteiger partial charge in [-0.1, -0.05) is 239 Å². The Kier molecular flexibility index (Phi) is 16.9. The molecule has 6 heterocycles. The van der Waals surface area contributed by atoms with Gasteiger partial charge in [-0.15, -0.1) is 0 Å². The number of carbonyl (C=O) groups excluding carboxylic acids is 4. The van der Waals surface area contributed by atoms with Gasteiger partial charge in [-0.2, -0.15) is 0 Å². The first-order valence-electron chi connectivity index (χ1n) is 41.9. The molecule has 10 nitrogen and oxygen atoms in total. The van der Waals surface area contributed by atoms with Crippen molar-refractivity contribution in [2.75, 3.05) is 9.80 Å². The van der Waals surface area contributed by atoms with Gasteiger partial charge in [0.2, 0.25) is 0 Å². The van der Waals surface area contributed by atoms with E-state index in [1.54, 1.807) is 0 Å². The van der Waals surface area contributed by atoms with Crippen LogP contribution >= 0.6 is 0 Å². The Balaban J connectivity index is 0.743. The predicted molar refractivity (Wildman–Crippen MR) is 494 cm³/mol. The van der Waals surface area contributed by atoms with Crippen molar-refractivity contribution in [1.82, 2.24) is 18.3 Å². The molecule has 2 aliphatic heterocycles. The lowest BCUT2D eigenvalue weighted by Gasteiger charge is -2.21. The lowest BCUT2D eigenvalue weighted by molar-refractivity contribution is 0.0910. The second-order valence-corrected chi connectivity index (χ2v) is 42.0. The molecule has 0 unspecified atom stereocenters. The summed E-state index contributed by atoms with van der Waals surface area (Å²) in [7, 11) is 0. The van der Waals surface area contributed by atoms with Gasteiger partial charge in [-0.3, -0.25) is 19.2 Å². The van der Waals surface area contributed by atoms with Crippen LogP contribution in [0.3, 0.4) is 0 Å². The summed E-state index contributed by atoms with van der Waals surface area (Å²) in [5.74, 6) is -1.66. The summed E-state index contributed by atoms with van der Waals surface area (Å²) in [5.41, 5.74) is 23.4. The van der Waals surface area contributed by atoms with Crippen molar-refractivity contribution in [1.29, 1.82) is 0 Å². The second-order valence-electron chi connectivity index (χ2n) is 42.0. The second kappa shape index (κ2) is 25.8. The Morgan fingerprint density at radius 2 is 0.322 bits per heavy atom. The summed E-state index contributed by atoms with van der Waals surface area (Å²) in [6, 6.07) is 77.4. The summed E-state index contributed by atoms with van der Waals surface area (Å²) >= 11 is 0. The van der Waals surface area contributed by atoms with E-state index in [9.17, 15) is 0 Å². The zero-order valence-electron chi connectivity index (χ0n) is 73.1. The molecule has 18 rings (SSSR count). The van der Waals surface area contributed by atoms with Crippen LogP contribution in [-0.2, 0) is 43.3 Å². The van der Waals surface area contributed by atoms with E-state index in [1.165, 1.54) is 54.3 Å². The molecule has 0 spiro atoms. The molecule has 594 valence electrons. The van der Waals surface area contributed by atoms with E-state index in [0.29, 0.717) is 33.6 Å². The highest BCUT2D eigenvalue weighted by Crippen LogP contribution is 2.49. The topological polar surface area (TPSA) is 94.5 Å². The van der Waals surface area contributed by atoms with Crippen LogP contribution in [0.2, 0.25) is 0 Å². The molecule has 0 fully saturated rings. The molecule has 0 bridgehead atoms. The van der Waals surface area contributed by atoms with Crippen LogP contribution in [0.25, 0.3) is 121 Å². The van der Waals surface area contributed by atoms with E-state index in [-0.39, 0.29) is 43.3 Å². The summed E-state index contributed by atoms with van der Waals surface area (Å²) in [4.78, 5) is 65.3. The Morgan fingerprint density at radius 1 is 0.178 bits per heavy atom. The summed E-state index contributed by atoms with van der Waals surface area (Å²) in [5, 5.41) is 8.88. The van der Waals surface area contributed by atoms with E-state index in [0.717, 1.165) is 121 Å². The maximum atomic E-state index is 15.7. The molecule has 0 saturated heterocycles. The van der Waals surface area contributed by atoms with Crippen molar-refractivity contribution < 1.29 is 19.2 Å². The van der Waals surface area contributed by atoms with Crippen molar-refractivity contribution in [2.45, 2.75) is 209 Å². The summed E-state index contributed by atoms with van der Waals surface area (Å²) in [6.07, 6.45) is 0. The molecule has 0 saturated carbocycles. The number of aromatic nitrogens is 4. The van der Waals surface area contributed by atoms with Gasteiger partial charge in [0.05, 0.1) is 101 Å². The fourth-order valence-electron chi connectivity index (χ4n) is 18.2. The molecule has 2 aliphatic rings. The van der Waals surface area contributed by atoms with E-state index in [2.05, 4.69) is 330 Å². The third kappa shape index (κ3) is 12.3. The summed E-state index contributed by atoms with van der Waals surface area (Å²) < 4.78 is 9.28. The normalized spacial score (nSPS) is 14.3. The molecule has 4 aromatic heterocycles. The van der Waals surface area contributed by atoms with Crippen molar-refractivity contribution >= 4 is 122 Å². The van der Waals surface area contributed by atoms with Crippen LogP contribution in [0.5, 0.6) is 0 Å². The van der Waals surface area contributed by atoms with Crippen LogP contribution in [0, 0.1) is 0 Å². The van der Waals surface area contributed by atoms with Crippen LogP contribution in [0.4, 0.5) is 11.4 Å². The van der Waals surface area contributed by atoms with Crippen LogP contribution in [0.15, 0.2) is 218 Å². The van der Waals surface area contributed by atoms with E-state index >= 15 is 19.2 Å². The van der Waals surface area contributed by atoms with Gasteiger partial charge in [0, 0.05) is 43.1 Å². The number of benzene rings is 12. The molecule has 0 radical (unpaired) electrons. The average Bonchev–Trinajstić information content (AvgIpc) is 1.55. The Labute approximate surface area is 693 Å². The Morgan fingerprint density at radius 3 is 0.458 bits per heavy atom. The number of amides is 4. The monoisotopic (exact) mass is 1550 g/mol. The van der Waals surface area contributed by atoms with E-state index < -0.39 is 23.6 Å². The maximum Gasteiger partial charge on any atom is 0.266 e. The zero-order chi connectivity index (χ0) is 84.0. The highest BCUT2D eigenvalue weighted by Gasteiger charge is 2.42. The van der Waals surface area contributed by atoms with Gasteiger partial charge in [-0.25, -0.2) is 9.80 Å². The highest BCUT2D eigenvalue weighted by atomic mass is 16.2. The number of anilines is 2. The minimum atomic E-state index is -0.415. The number of fused-ring (bicyclic) bond motifs is 14. The first-order chi connectivity index (χ1) is 55.2. The Hall–Kier alpha value is -11.9. The van der Waals surface area contributed by atoms with Crippen molar-refractivity contribution in [2.24, 2.45) is 0 Å². The van der Waals surface area contributed by atoms with Gasteiger partial charge in [0.25, 0.3) is 23.6 Å². The molecule has 0 aliphatic carbocycles. The lowest BCUT2D eigenvalue weighted by atomic mass is 9.85. The maximum absolute atomic E-state index is 15.7. The Bertz CT molecular complexity index is 5980. The summed E-state index contributed by atoms with van der Waals surface area (Å²) in [6.45, 7) is 54.1. The molecular weight excluding hydrogens is 1450 g/mol. The molecule has 10 heteroatoms. The number of rotatable bonds is 7. The number of carbonyl (C=O) groups is 4. The number of hydrogen-bond donors (Lipinski definition) is 0. The highest BCUT2D eigenvalue weighted by molar-refractivity contribution is 6.36. The fraction of sp³-hybridized carbons (Fsp3) is 0.296.